The van der Waals surface area contributed by atoms with Gasteiger partial charge in [0.15, 0.2) is 0 Å². The Morgan fingerprint density at radius 2 is 2.17 bits per heavy atom. The van der Waals surface area contributed by atoms with E-state index in [1.165, 1.54) is 0 Å². The minimum Gasteiger partial charge on any atom is -0.489 e. The van der Waals surface area contributed by atoms with E-state index in [4.69, 9.17) is 20.5 Å². The van der Waals surface area contributed by atoms with Crippen LogP contribution in [-0.2, 0) is 4.74 Å². The molecule has 7 nitrogen and oxygen atoms in total. The smallest absolute Gasteiger partial charge is 0.415 e. The van der Waals surface area contributed by atoms with Crippen LogP contribution in [0.5, 0.6) is 5.75 Å². The molecule has 7 heteroatoms. The van der Waals surface area contributed by atoms with Gasteiger partial charge in [-0.05, 0) is 29.8 Å². The summed E-state index contributed by atoms with van der Waals surface area (Å²) in [6.07, 6.45) is 0.890. The van der Waals surface area contributed by atoms with Crippen LogP contribution in [-0.4, -0.2) is 36.4 Å². The molecule has 2 atom stereocenters. The zero-order valence-corrected chi connectivity index (χ0v) is 12.7. The van der Waals surface area contributed by atoms with Crippen molar-refractivity contribution in [1.29, 1.82) is 5.26 Å². The maximum absolute atomic E-state index is 12.1. The number of carbonyl (C=O) groups excluding carboxylic acids is 1. The Morgan fingerprint density at radius 1 is 1.33 bits per heavy atom. The summed E-state index contributed by atoms with van der Waals surface area (Å²) < 4.78 is 11.1. The van der Waals surface area contributed by atoms with E-state index < -0.39 is 6.09 Å². The fourth-order valence-corrected chi connectivity index (χ4v) is 3.04. The number of carbonyl (C=O) groups is 1. The van der Waals surface area contributed by atoms with Gasteiger partial charge in [-0.15, -0.1) is 0 Å². The number of hydrogen-bond donors (Lipinski definition) is 1. The molecule has 24 heavy (non-hydrogen) atoms. The van der Waals surface area contributed by atoms with Crippen LogP contribution < -0.4 is 15.4 Å². The van der Waals surface area contributed by atoms with Crippen LogP contribution >= 0.6 is 0 Å². The second-order valence-corrected chi connectivity index (χ2v) is 5.63. The van der Waals surface area contributed by atoms with E-state index in [9.17, 15) is 4.79 Å². The predicted molar refractivity (Wildman–Crippen MR) is 85.5 cm³/mol. The first-order valence-corrected chi connectivity index (χ1v) is 7.54. The van der Waals surface area contributed by atoms with Gasteiger partial charge in [-0.25, -0.2) is 9.78 Å². The normalized spacial score (nSPS) is 21.3. The molecule has 2 aliphatic rings. The lowest BCUT2D eigenvalue weighted by molar-refractivity contribution is 0.126. The Balaban J connectivity index is 1.70. The lowest BCUT2D eigenvalue weighted by Crippen LogP contribution is -2.46. The molecule has 3 heterocycles. The summed E-state index contributed by atoms with van der Waals surface area (Å²) in [5, 5.41) is 8.82. The van der Waals surface area contributed by atoms with Crippen molar-refractivity contribution in [3.05, 3.63) is 42.2 Å². The molecule has 2 aromatic rings. The molecular weight excluding hydrogens is 308 g/mol. The molecule has 2 aliphatic heterocycles. The van der Waals surface area contributed by atoms with Crippen molar-refractivity contribution in [2.24, 2.45) is 5.73 Å². The van der Waals surface area contributed by atoms with E-state index in [1.807, 2.05) is 30.3 Å². The summed E-state index contributed by atoms with van der Waals surface area (Å²) in [7, 11) is 0. The topological polar surface area (TPSA) is 101 Å². The number of cyclic esters (lactones) is 1. The van der Waals surface area contributed by atoms with Gasteiger partial charge in [0, 0.05) is 18.3 Å². The highest BCUT2D eigenvalue weighted by Crippen LogP contribution is 2.40. The van der Waals surface area contributed by atoms with Crippen molar-refractivity contribution in [3.8, 4) is 22.9 Å². The molecule has 0 saturated carbocycles. The number of nitriles is 1. The molecule has 2 N–H and O–H groups in total. The van der Waals surface area contributed by atoms with Crippen LogP contribution in [0.25, 0.3) is 11.1 Å². The van der Waals surface area contributed by atoms with E-state index in [2.05, 4.69) is 4.98 Å². The third-order valence-corrected chi connectivity index (χ3v) is 4.28. The molecule has 120 valence electrons. The number of hydrogen-bond acceptors (Lipinski definition) is 6. The molecule has 1 fully saturated rings. The number of ether oxygens (including phenoxy) is 2. The van der Waals surface area contributed by atoms with Crippen molar-refractivity contribution >= 4 is 11.8 Å². The van der Waals surface area contributed by atoms with Gasteiger partial charge in [-0.1, -0.05) is 6.07 Å². The van der Waals surface area contributed by atoms with E-state index >= 15 is 0 Å². The Morgan fingerprint density at radius 3 is 2.88 bits per heavy atom. The highest BCUT2D eigenvalue weighted by molar-refractivity contribution is 5.94. The minimum atomic E-state index is -0.396. The molecule has 1 aromatic carbocycles. The number of aromatic nitrogens is 1. The molecule has 0 unspecified atom stereocenters. The van der Waals surface area contributed by atoms with Crippen molar-refractivity contribution in [2.75, 3.05) is 18.1 Å². The monoisotopic (exact) mass is 322 g/mol. The largest absolute Gasteiger partial charge is 0.489 e. The molecule has 4 rings (SSSR count). The highest BCUT2D eigenvalue weighted by Gasteiger charge is 2.45. The van der Waals surface area contributed by atoms with Crippen LogP contribution in [0.1, 0.15) is 5.69 Å². The summed E-state index contributed by atoms with van der Waals surface area (Å²) in [5.41, 5.74) is 8.46. The number of nitrogens with zero attached hydrogens (tertiary/aromatic N) is 3. The zero-order valence-electron chi connectivity index (χ0n) is 12.7. The first-order valence-electron chi connectivity index (χ1n) is 7.54. The van der Waals surface area contributed by atoms with Gasteiger partial charge in [-0.3, -0.25) is 4.90 Å². The van der Waals surface area contributed by atoms with Crippen LogP contribution in [0.3, 0.4) is 0 Å². The average Bonchev–Trinajstić information content (AvgIpc) is 2.97. The van der Waals surface area contributed by atoms with Crippen LogP contribution in [0.15, 0.2) is 36.5 Å². The second kappa shape index (κ2) is 5.51. The summed E-state index contributed by atoms with van der Waals surface area (Å²) in [6, 6.07) is 10.9. The van der Waals surface area contributed by atoms with Gasteiger partial charge >= 0.3 is 6.09 Å². The third-order valence-electron chi connectivity index (χ3n) is 4.28. The quantitative estimate of drug-likeness (QED) is 0.902. The molecule has 0 bridgehead atoms. The number of benzene rings is 1. The number of rotatable bonds is 2. The number of pyridine rings is 1. The second-order valence-electron chi connectivity index (χ2n) is 5.63. The first kappa shape index (κ1) is 14.5. The molecular formula is C17H14N4O3. The first-order chi connectivity index (χ1) is 11.7. The van der Waals surface area contributed by atoms with Gasteiger partial charge in [-0.2, -0.15) is 5.26 Å². The maximum Gasteiger partial charge on any atom is 0.415 e. The Bertz CT molecular complexity index is 844. The van der Waals surface area contributed by atoms with E-state index in [1.54, 1.807) is 17.2 Å². The van der Waals surface area contributed by atoms with Gasteiger partial charge in [0.25, 0.3) is 0 Å². The Labute approximate surface area is 138 Å². The van der Waals surface area contributed by atoms with E-state index in [0.717, 1.165) is 11.1 Å². The Hall–Kier alpha value is -3.11. The molecule has 0 radical (unpaired) electrons. The minimum absolute atomic E-state index is 0.197. The third kappa shape index (κ3) is 2.16. The van der Waals surface area contributed by atoms with E-state index in [-0.39, 0.29) is 18.7 Å². The van der Waals surface area contributed by atoms with Gasteiger partial charge in [0.05, 0.1) is 5.69 Å². The summed E-state index contributed by atoms with van der Waals surface area (Å²) >= 11 is 0. The SMILES string of the molecule is N#Cc1ccc(-c2ccc3c(c2)OC[C@H]2[C@H](CN)OC(=O)N32)cn1. The lowest BCUT2D eigenvalue weighted by atomic mass is 10.0. The summed E-state index contributed by atoms with van der Waals surface area (Å²) in [6.45, 7) is 0.607. The van der Waals surface area contributed by atoms with Gasteiger partial charge in [0.2, 0.25) is 0 Å². The van der Waals surface area contributed by atoms with Crippen LogP contribution in [0.4, 0.5) is 10.5 Å². The lowest BCUT2D eigenvalue weighted by Gasteiger charge is -2.31. The van der Waals surface area contributed by atoms with Crippen LogP contribution in [0.2, 0.25) is 0 Å². The van der Waals surface area contributed by atoms with Crippen molar-refractivity contribution in [1.82, 2.24) is 4.98 Å². The number of amides is 1. The zero-order chi connectivity index (χ0) is 16.7. The fourth-order valence-electron chi connectivity index (χ4n) is 3.04. The molecule has 1 amide bonds. The summed E-state index contributed by atoms with van der Waals surface area (Å²) in [4.78, 5) is 17.8. The summed E-state index contributed by atoms with van der Waals surface area (Å²) in [5.74, 6) is 0.614. The molecule has 0 spiro atoms. The molecule has 1 saturated heterocycles. The average molecular weight is 322 g/mol. The number of anilines is 1. The fraction of sp³-hybridized carbons (Fsp3) is 0.235. The van der Waals surface area contributed by atoms with Crippen molar-refractivity contribution < 1.29 is 14.3 Å². The highest BCUT2D eigenvalue weighted by atomic mass is 16.6. The predicted octanol–water partition coefficient (Wildman–Crippen LogP) is 1.67. The van der Waals surface area contributed by atoms with Crippen molar-refractivity contribution in [3.63, 3.8) is 0 Å². The number of nitrogens with two attached hydrogens (primary N) is 1. The molecule has 1 aromatic heterocycles. The maximum atomic E-state index is 12.1. The molecule has 0 aliphatic carbocycles. The Kier molecular flexibility index (Phi) is 3.32. The van der Waals surface area contributed by atoms with Gasteiger partial charge < -0.3 is 15.2 Å². The van der Waals surface area contributed by atoms with Gasteiger partial charge in [0.1, 0.15) is 36.3 Å². The standard InChI is InChI=1S/C17H14N4O3/c18-6-12-3-1-11(8-20-12)10-2-4-13-15(5-10)23-9-14-16(7-19)24-17(22)21(13)14/h1-5,8,14,16H,7,9,19H2/t14-,16-/m0/s1. The van der Waals surface area contributed by atoms with E-state index in [0.29, 0.717) is 23.7 Å². The van der Waals surface area contributed by atoms with Crippen molar-refractivity contribution in [2.45, 2.75) is 12.1 Å². The van der Waals surface area contributed by atoms with Crippen LogP contribution in [0, 0.1) is 11.3 Å². The number of fused-ring (bicyclic) bond motifs is 3.